The van der Waals surface area contributed by atoms with Crippen molar-refractivity contribution in [3.8, 4) is 0 Å². The summed E-state index contributed by atoms with van der Waals surface area (Å²) in [5.74, 6) is 0.923. The lowest BCUT2D eigenvalue weighted by molar-refractivity contribution is 0.495. The molecule has 1 aromatic heterocycles. The van der Waals surface area contributed by atoms with E-state index in [4.69, 9.17) is 0 Å². The van der Waals surface area contributed by atoms with Gasteiger partial charge >= 0.3 is 0 Å². The molecule has 0 aliphatic heterocycles. The average molecular weight is 193 g/mol. The van der Waals surface area contributed by atoms with Crippen molar-refractivity contribution in [2.45, 2.75) is 39.3 Å². The van der Waals surface area contributed by atoms with Crippen LogP contribution >= 0.6 is 0 Å². The van der Waals surface area contributed by atoms with E-state index in [9.17, 15) is 0 Å². The van der Waals surface area contributed by atoms with Gasteiger partial charge in [0.25, 0.3) is 0 Å². The fourth-order valence-electron chi connectivity index (χ4n) is 1.86. The first-order valence-electron chi connectivity index (χ1n) is 5.39. The molecule has 2 rings (SSSR count). The molecule has 1 atom stereocenters. The van der Waals surface area contributed by atoms with Crippen LogP contribution in [0.25, 0.3) is 0 Å². The smallest absolute Gasteiger partial charge is 0.0638 e. The Morgan fingerprint density at radius 2 is 2.36 bits per heavy atom. The zero-order valence-electron chi connectivity index (χ0n) is 9.25. The molecule has 1 aliphatic carbocycles. The van der Waals surface area contributed by atoms with Crippen LogP contribution in [0.3, 0.4) is 0 Å². The third-order valence-electron chi connectivity index (χ3n) is 3.06. The Bertz CT molecular complexity index is 312. The largest absolute Gasteiger partial charge is 0.310 e. The van der Waals surface area contributed by atoms with Crippen LogP contribution in [-0.2, 0) is 13.6 Å². The van der Waals surface area contributed by atoms with Gasteiger partial charge in [-0.2, -0.15) is 5.10 Å². The minimum Gasteiger partial charge on any atom is -0.310 e. The third-order valence-corrected chi connectivity index (χ3v) is 3.06. The topological polar surface area (TPSA) is 29.9 Å². The SMILES string of the molecule is Cc1nn(C)cc1CNC(C)C1CC1. The summed E-state index contributed by atoms with van der Waals surface area (Å²) in [7, 11) is 1.97. The van der Waals surface area contributed by atoms with E-state index in [1.54, 1.807) is 0 Å². The van der Waals surface area contributed by atoms with Crippen molar-refractivity contribution in [3.05, 3.63) is 17.5 Å². The zero-order chi connectivity index (χ0) is 10.1. The summed E-state index contributed by atoms with van der Waals surface area (Å²) in [6, 6.07) is 0.662. The maximum Gasteiger partial charge on any atom is 0.0638 e. The van der Waals surface area contributed by atoms with E-state index >= 15 is 0 Å². The van der Waals surface area contributed by atoms with Crippen molar-refractivity contribution in [1.82, 2.24) is 15.1 Å². The van der Waals surface area contributed by atoms with Gasteiger partial charge in [-0.05, 0) is 32.6 Å². The van der Waals surface area contributed by atoms with E-state index in [2.05, 4.69) is 30.5 Å². The number of rotatable bonds is 4. The van der Waals surface area contributed by atoms with Crippen LogP contribution in [-0.4, -0.2) is 15.8 Å². The number of aryl methyl sites for hydroxylation is 2. The number of nitrogens with zero attached hydrogens (tertiary/aromatic N) is 2. The van der Waals surface area contributed by atoms with Crippen LogP contribution in [0.4, 0.5) is 0 Å². The summed E-state index contributed by atoms with van der Waals surface area (Å²) in [5.41, 5.74) is 2.46. The molecule has 0 aromatic carbocycles. The predicted octanol–water partition coefficient (Wildman–Crippen LogP) is 1.62. The molecular weight excluding hydrogens is 174 g/mol. The first-order chi connectivity index (χ1) is 6.66. The van der Waals surface area contributed by atoms with E-state index in [0.717, 1.165) is 18.2 Å². The summed E-state index contributed by atoms with van der Waals surface area (Å²) in [6.07, 6.45) is 4.91. The Hall–Kier alpha value is -0.830. The maximum absolute atomic E-state index is 4.33. The minimum absolute atomic E-state index is 0.662. The zero-order valence-corrected chi connectivity index (χ0v) is 9.25. The standard InChI is InChI=1S/C11H19N3/c1-8(10-4-5-10)12-6-11-7-14(3)13-9(11)2/h7-8,10,12H,4-6H2,1-3H3. The minimum atomic E-state index is 0.662. The monoisotopic (exact) mass is 193 g/mol. The molecule has 1 fully saturated rings. The fraction of sp³-hybridized carbons (Fsp3) is 0.727. The molecule has 78 valence electrons. The highest BCUT2D eigenvalue weighted by molar-refractivity contribution is 5.15. The fourth-order valence-corrected chi connectivity index (χ4v) is 1.86. The lowest BCUT2D eigenvalue weighted by atomic mass is 10.2. The van der Waals surface area contributed by atoms with Crippen LogP contribution in [0.15, 0.2) is 6.20 Å². The van der Waals surface area contributed by atoms with Crippen LogP contribution in [0, 0.1) is 12.8 Å². The molecule has 1 saturated carbocycles. The van der Waals surface area contributed by atoms with Gasteiger partial charge < -0.3 is 5.32 Å². The maximum atomic E-state index is 4.33. The Morgan fingerprint density at radius 3 is 2.86 bits per heavy atom. The van der Waals surface area contributed by atoms with Gasteiger partial charge in [-0.1, -0.05) is 0 Å². The van der Waals surface area contributed by atoms with Crippen LogP contribution in [0.5, 0.6) is 0 Å². The molecule has 1 N–H and O–H groups in total. The summed E-state index contributed by atoms with van der Waals surface area (Å²) >= 11 is 0. The molecule has 1 unspecified atom stereocenters. The highest BCUT2D eigenvalue weighted by Crippen LogP contribution is 2.32. The number of hydrogen-bond acceptors (Lipinski definition) is 2. The number of nitrogens with one attached hydrogen (secondary N) is 1. The molecule has 0 radical (unpaired) electrons. The Balaban J connectivity index is 1.87. The lowest BCUT2D eigenvalue weighted by Gasteiger charge is -2.11. The normalized spacial score (nSPS) is 18.5. The second-order valence-electron chi connectivity index (χ2n) is 4.42. The van der Waals surface area contributed by atoms with E-state index < -0.39 is 0 Å². The molecular formula is C11H19N3. The first kappa shape index (κ1) is 9.71. The molecule has 0 saturated heterocycles. The Morgan fingerprint density at radius 1 is 1.64 bits per heavy atom. The highest BCUT2D eigenvalue weighted by atomic mass is 15.2. The molecule has 1 heterocycles. The van der Waals surface area contributed by atoms with Crippen LogP contribution in [0.2, 0.25) is 0 Å². The highest BCUT2D eigenvalue weighted by Gasteiger charge is 2.27. The quantitative estimate of drug-likeness (QED) is 0.787. The van der Waals surface area contributed by atoms with Crippen molar-refractivity contribution in [3.63, 3.8) is 0 Å². The van der Waals surface area contributed by atoms with E-state index in [1.807, 2.05) is 11.7 Å². The van der Waals surface area contributed by atoms with Gasteiger partial charge in [-0.3, -0.25) is 4.68 Å². The third kappa shape index (κ3) is 2.15. The molecule has 0 bridgehead atoms. The van der Waals surface area contributed by atoms with Gasteiger partial charge in [0.2, 0.25) is 0 Å². The molecule has 3 nitrogen and oxygen atoms in total. The Labute approximate surface area is 85.5 Å². The molecule has 3 heteroatoms. The van der Waals surface area contributed by atoms with Crippen molar-refractivity contribution < 1.29 is 0 Å². The van der Waals surface area contributed by atoms with E-state index in [1.165, 1.54) is 18.4 Å². The number of hydrogen-bond donors (Lipinski definition) is 1. The van der Waals surface area contributed by atoms with Crippen molar-refractivity contribution >= 4 is 0 Å². The average Bonchev–Trinajstić information content (AvgIpc) is 2.90. The van der Waals surface area contributed by atoms with Crippen LogP contribution in [0.1, 0.15) is 31.0 Å². The second-order valence-corrected chi connectivity index (χ2v) is 4.42. The van der Waals surface area contributed by atoms with Gasteiger partial charge in [0.05, 0.1) is 5.69 Å². The molecule has 0 amide bonds. The van der Waals surface area contributed by atoms with Crippen LogP contribution < -0.4 is 5.32 Å². The molecule has 1 aromatic rings. The van der Waals surface area contributed by atoms with E-state index in [0.29, 0.717) is 6.04 Å². The molecule has 14 heavy (non-hydrogen) atoms. The predicted molar refractivity (Wildman–Crippen MR) is 57.0 cm³/mol. The summed E-state index contributed by atoms with van der Waals surface area (Å²) < 4.78 is 1.88. The summed E-state index contributed by atoms with van der Waals surface area (Å²) in [5, 5.41) is 7.89. The first-order valence-corrected chi connectivity index (χ1v) is 5.39. The van der Waals surface area contributed by atoms with E-state index in [-0.39, 0.29) is 0 Å². The second kappa shape index (κ2) is 3.73. The number of aromatic nitrogens is 2. The Kier molecular flexibility index (Phi) is 2.59. The molecule has 1 aliphatic rings. The van der Waals surface area contributed by atoms with Crippen molar-refractivity contribution in [2.24, 2.45) is 13.0 Å². The summed E-state index contributed by atoms with van der Waals surface area (Å²) in [6.45, 7) is 5.31. The lowest BCUT2D eigenvalue weighted by Crippen LogP contribution is -2.27. The van der Waals surface area contributed by atoms with Gasteiger partial charge in [-0.25, -0.2) is 0 Å². The summed E-state index contributed by atoms with van der Waals surface area (Å²) in [4.78, 5) is 0. The van der Waals surface area contributed by atoms with Gasteiger partial charge in [0.15, 0.2) is 0 Å². The van der Waals surface area contributed by atoms with Gasteiger partial charge in [0, 0.05) is 31.4 Å². The van der Waals surface area contributed by atoms with Gasteiger partial charge in [0.1, 0.15) is 0 Å². The molecule has 0 spiro atoms. The van der Waals surface area contributed by atoms with Crippen molar-refractivity contribution in [2.75, 3.05) is 0 Å². The van der Waals surface area contributed by atoms with Gasteiger partial charge in [-0.15, -0.1) is 0 Å². The van der Waals surface area contributed by atoms with Crippen molar-refractivity contribution in [1.29, 1.82) is 0 Å².